The highest BCUT2D eigenvalue weighted by atomic mass is 35.5. The van der Waals surface area contributed by atoms with Crippen molar-refractivity contribution in [3.8, 4) is 6.07 Å². The Kier molecular flexibility index (Phi) is 3.50. The van der Waals surface area contributed by atoms with Crippen molar-refractivity contribution in [2.24, 2.45) is 0 Å². The van der Waals surface area contributed by atoms with Crippen LogP contribution in [0, 0.1) is 11.3 Å². The van der Waals surface area contributed by atoms with Crippen LogP contribution in [0.15, 0.2) is 24.7 Å². The van der Waals surface area contributed by atoms with Crippen molar-refractivity contribution < 1.29 is 4.79 Å². The molecular formula is C10H7ClN6O. The Morgan fingerprint density at radius 2 is 2.39 bits per heavy atom. The lowest BCUT2D eigenvalue weighted by molar-refractivity contribution is -0.116. The molecule has 8 heteroatoms. The van der Waals surface area contributed by atoms with Crippen molar-refractivity contribution in [3.63, 3.8) is 0 Å². The van der Waals surface area contributed by atoms with E-state index in [4.69, 9.17) is 16.9 Å². The molecule has 0 atom stereocenters. The van der Waals surface area contributed by atoms with Crippen LogP contribution < -0.4 is 5.32 Å². The van der Waals surface area contributed by atoms with Gasteiger partial charge in [-0.25, -0.2) is 4.98 Å². The topological polar surface area (TPSA) is 96.5 Å². The first-order chi connectivity index (χ1) is 8.69. The van der Waals surface area contributed by atoms with Gasteiger partial charge < -0.3 is 5.32 Å². The molecule has 0 bridgehead atoms. The number of aromatic nitrogens is 4. The van der Waals surface area contributed by atoms with Crippen LogP contribution in [0.4, 0.5) is 5.82 Å². The minimum absolute atomic E-state index is 0.0554. The zero-order valence-corrected chi connectivity index (χ0v) is 9.79. The zero-order valence-electron chi connectivity index (χ0n) is 9.04. The number of carbonyl (C=O) groups excluding carboxylic acids is 1. The van der Waals surface area contributed by atoms with E-state index in [9.17, 15) is 4.79 Å². The van der Waals surface area contributed by atoms with Gasteiger partial charge in [-0.2, -0.15) is 5.26 Å². The molecule has 0 spiro atoms. The molecule has 1 amide bonds. The number of rotatable bonds is 3. The quantitative estimate of drug-likeness (QED) is 0.884. The molecular weight excluding hydrogens is 256 g/mol. The molecule has 2 heterocycles. The van der Waals surface area contributed by atoms with Crippen LogP contribution in [0.2, 0.25) is 5.02 Å². The summed E-state index contributed by atoms with van der Waals surface area (Å²) in [6, 6.07) is 5.02. The van der Waals surface area contributed by atoms with Crippen molar-refractivity contribution in [2.75, 3.05) is 5.32 Å². The summed E-state index contributed by atoms with van der Waals surface area (Å²) >= 11 is 5.67. The molecule has 90 valence electrons. The molecule has 0 aliphatic heterocycles. The van der Waals surface area contributed by atoms with Crippen molar-refractivity contribution in [2.45, 2.75) is 6.54 Å². The molecule has 0 aromatic carbocycles. The second-order valence-corrected chi connectivity index (χ2v) is 3.74. The average Bonchev–Trinajstić information content (AvgIpc) is 2.79. The third kappa shape index (κ3) is 2.81. The molecule has 0 aliphatic carbocycles. The molecule has 0 radical (unpaired) electrons. The Hall–Kier alpha value is -2.46. The fraction of sp³-hybridized carbons (Fsp3) is 0.100. The predicted octanol–water partition coefficient (Wildman–Crippen LogP) is 0.837. The lowest BCUT2D eigenvalue weighted by Crippen LogP contribution is -2.19. The predicted molar refractivity (Wildman–Crippen MR) is 62.6 cm³/mol. The summed E-state index contributed by atoms with van der Waals surface area (Å²) in [5.74, 6) is 0.131. The smallest absolute Gasteiger partial charge is 0.245 e. The van der Waals surface area contributed by atoms with E-state index in [1.54, 1.807) is 12.1 Å². The van der Waals surface area contributed by atoms with Gasteiger partial charge in [-0.15, -0.1) is 10.2 Å². The number of amides is 1. The SMILES string of the molecule is N#Cc1nncn1CC(=O)Nc1ccc(Cl)cn1. The summed E-state index contributed by atoms with van der Waals surface area (Å²) < 4.78 is 1.34. The van der Waals surface area contributed by atoms with Gasteiger partial charge >= 0.3 is 0 Å². The summed E-state index contributed by atoms with van der Waals surface area (Å²) in [5.41, 5.74) is 0. The Morgan fingerprint density at radius 1 is 1.56 bits per heavy atom. The third-order valence-corrected chi connectivity index (χ3v) is 2.25. The third-order valence-electron chi connectivity index (χ3n) is 2.02. The van der Waals surface area contributed by atoms with Gasteiger partial charge in [0.2, 0.25) is 11.7 Å². The maximum atomic E-state index is 11.7. The van der Waals surface area contributed by atoms with Crippen molar-refractivity contribution in [1.29, 1.82) is 5.26 Å². The molecule has 0 unspecified atom stereocenters. The van der Waals surface area contributed by atoms with Crippen LogP contribution in [0.1, 0.15) is 5.82 Å². The van der Waals surface area contributed by atoms with Crippen LogP contribution >= 0.6 is 11.6 Å². The summed E-state index contributed by atoms with van der Waals surface area (Å²) in [4.78, 5) is 15.6. The van der Waals surface area contributed by atoms with Gasteiger partial charge in [-0.1, -0.05) is 11.6 Å². The summed E-state index contributed by atoms with van der Waals surface area (Å²) in [5, 5.41) is 18.8. The van der Waals surface area contributed by atoms with Crippen LogP contribution in [0.25, 0.3) is 0 Å². The van der Waals surface area contributed by atoms with E-state index in [0.717, 1.165) is 0 Å². The maximum Gasteiger partial charge on any atom is 0.245 e. The van der Waals surface area contributed by atoms with Crippen LogP contribution in [-0.2, 0) is 11.3 Å². The minimum Gasteiger partial charge on any atom is -0.309 e. The standard InChI is InChI=1S/C10H7ClN6O/c11-7-1-2-8(13-4-7)15-10(18)5-17-6-14-16-9(17)3-12/h1-2,4,6H,5H2,(H,13,15,18). The Balaban J connectivity index is 2.01. The second kappa shape index (κ2) is 5.25. The number of halogens is 1. The summed E-state index contributed by atoms with van der Waals surface area (Å²) in [7, 11) is 0. The highest BCUT2D eigenvalue weighted by Gasteiger charge is 2.08. The van der Waals surface area contributed by atoms with E-state index >= 15 is 0 Å². The molecule has 0 fully saturated rings. The largest absolute Gasteiger partial charge is 0.309 e. The number of nitriles is 1. The number of anilines is 1. The van der Waals surface area contributed by atoms with Gasteiger partial charge in [0.05, 0.1) is 5.02 Å². The van der Waals surface area contributed by atoms with E-state index in [1.165, 1.54) is 17.1 Å². The second-order valence-electron chi connectivity index (χ2n) is 3.30. The highest BCUT2D eigenvalue weighted by molar-refractivity contribution is 6.30. The van der Waals surface area contributed by atoms with E-state index in [0.29, 0.717) is 10.8 Å². The lowest BCUT2D eigenvalue weighted by Gasteiger charge is -2.04. The van der Waals surface area contributed by atoms with E-state index in [-0.39, 0.29) is 18.3 Å². The summed E-state index contributed by atoms with van der Waals surface area (Å²) in [6.45, 7) is -0.0554. The van der Waals surface area contributed by atoms with Gasteiger partial charge in [0.1, 0.15) is 24.8 Å². The highest BCUT2D eigenvalue weighted by Crippen LogP contribution is 2.09. The molecule has 7 nitrogen and oxygen atoms in total. The average molecular weight is 263 g/mol. The minimum atomic E-state index is -0.332. The number of carbonyl (C=O) groups is 1. The van der Waals surface area contributed by atoms with Gasteiger partial charge in [0.15, 0.2) is 0 Å². The zero-order chi connectivity index (χ0) is 13.0. The monoisotopic (exact) mass is 262 g/mol. The Bertz CT molecular complexity index is 600. The molecule has 18 heavy (non-hydrogen) atoms. The van der Waals surface area contributed by atoms with Crippen LogP contribution in [-0.4, -0.2) is 25.7 Å². The lowest BCUT2D eigenvalue weighted by atomic mass is 10.4. The molecule has 2 aromatic rings. The first-order valence-corrected chi connectivity index (χ1v) is 5.26. The first kappa shape index (κ1) is 12.0. The maximum absolute atomic E-state index is 11.7. The van der Waals surface area contributed by atoms with E-state index in [2.05, 4.69) is 20.5 Å². The van der Waals surface area contributed by atoms with Crippen LogP contribution in [0.3, 0.4) is 0 Å². The Morgan fingerprint density at radius 3 is 3.06 bits per heavy atom. The number of nitrogens with one attached hydrogen (secondary N) is 1. The number of hydrogen-bond donors (Lipinski definition) is 1. The molecule has 0 saturated heterocycles. The van der Waals surface area contributed by atoms with Crippen LogP contribution in [0.5, 0.6) is 0 Å². The fourth-order valence-corrected chi connectivity index (χ4v) is 1.36. The van der Waals surface area contributed by atoms with Gasteiger partial charge in [-0.3, -0.25) is 9.36 Å². The van der Waals surface area contributed by atoms with Gasteiger partial charge in [0, 0.05) is 6.20 Å². The fourth-order valence-electron chi connectivity index (χ4n) is 1.24. The number of hydrogen-bond acceptors (Lipinski definition) is 5. The van der Waals surface area contributed by atoms with E-state index in [1.807, 2.05) is 6.07 Å². The molecule has 2 aromatic heterocycles. The first-order valence-electron chi connectivity index (χ1n) is 4.88. The van der Waals surface area contributed by atoms with E-state index < -0.39 is 0 Å². The Labute approximate surface area is 107 Å². The van der Waals surface area contributed by atoms with Gasteiger partial charge in [-0.05, 0) is 12.1 Å². The number of nitrogens with zero attached hydrogens (tertiary/aromatic N) is 5. The normalized spacial score (nSPS) is 9.78. The van der Waals surface area contributed by atoms with Crippen molar-refractivity contribution >= 4 is 23.3 Å². The molecule has 2 rings (SSSR count). The summed E-state index contributed by atoms with van der Waals surface area (Å²) in [6.07, 6.45) is 2.74. The van der Waals surface area contributed by atoms with Crippen molar-refractivity contribution in [1.82, 2.24) is 19.7 Å². The molecule has 0 aliphatic rings. The number of pyridine rings is 1. The molecule has 0 saturated carbocycles. The molecule has 1 N–H and O–H groups in total. The van der Waals surface area contributed by atoms with Gasteiger partial charge in [0.25, 0.3) is 0 Å². The van der Waals surface area contributed by atoms with Crippen molar-refractivity contribution in [3.05, 3.63) is 35.5 Å².